The Morgan fingerprint density at radius 3 is 2.21 bits per heavy atom. The lowest BCUT2D eigenvalue weighted by Gasteiger charge is -2.17. The molecule has 0 aromatic heterocycles. The zero-order valence-electron chi connectivity index (χ0n) is 18.1. The monoisotopic (exact) mass is 450 g/mol. The zero-order valence-corrected chi connectivity index (χ0v) is 18.1. The van der Waals surface area contributed by atoms with Crippen LogP contribution in [0.5, 0.6) is 11.5 Å². The summed E-state index contributed by atoms with van der Waals surface area (Å²) in [5, 5.41) is 2.67. The van der Waals surface area contributed by atoms with Gasteiger partial charge < -0.3 is 14.2 Å². The van der Waals surface area contributed by atoms with E-state index in [1.807, 2.05) is 30.3 Å². The molecule has 33 heavy (non-hydrogen) atoms. The summed E-state index contributed by atoms with van der Waals surface area (Å²) in [6.07, 6.45) is 2.15. The second-order valence-corrected chi connectivity index (χ2v) is 8.58. The molecule has 8 nitrogen and oxygen atoms in total. The van der Waals surface area contributed by atoms with Gasteiger partial charge in [0.05, 0.1) is 30.7 Å². The van der Waals surface area contributed by atoms with E-state index in [1.54, 1.807) is 24.3 Å². The molecule has 3 aliphatic rings. The predicted molar refractivity (Wildman–Crippen MR) is 119 cm³/mol. The van der Waals surface area contributed by atoms with E-state index in [9.17, 15) is 14.4 Å². The number of para-hydroxylation sites is 1. The minimum atomic E-state index is -0.552. The number of nitrogens with one attached hydrogen (secondary N) is 1. The smallest absolute Gasteiger partial charge is 0.411 e. The van der Waals surface area contributed by atoms with Crippen LogP contribution >= 0.6 is 0 Å². The van der Waals surface area contributed by atoms with Crippen molar-refractivity contribution in [1.82, 2.24) is 4.90 Å². The van der Waals surface area contributed by atoms with Gasteiger partial charge in [0.25, 0.3) is 0 Å². The molecule has 3 aliphatic heterocycles. The van der Waals surface area contributed by atoms with Gasteiger partial charge in [-0.25, -0.2) is 4.79 Å². The van der Waals surface area contributed by atoms with Crippen LogP contribution in [0.25, 0.3) is 0 Å². The zero-order chi connectivity index (χ0) is 22.8. The van der Waals surface area contributed by atoms with Gasteiger partial charge in [0, 0.05) is 12.2 Å². The van der Waals surface area contributed by atoms with E-state index in [2.05, 4.69) is 5.32 Å². The summed E-state index contributed by atoms with van der Waals surface area (Å²) < 4.78 is 16.7. The SMILES string of the molecule is O=C(Nc1ccc(Oc2ccccc2)cc1)OCCCCN1C(=O)C2C3CCC(O3)C2C1=O. The van der Waals surface area contributed by atoms with Crippen molar-refractivity contribution in [1.29, 1.82) is 0 Å². The fraction of sp³-hybridized carbons (Fsp3) is 0.400. The average molecular weight is 450 g/mol. The maximum Gasteiger partial charge on any atom is 0.411 e. The molecule has 3 fully saturated rings. The highest BCUT2D eigenvalue weighted by atomic mass is 16.5. The highest BCUT2D eigenvalue weighted by Gasteiger charge is 2.62. The number of imide groups is 1. The van der Waals surface area contributed by atoms with Gasteiger partial charge in [0.1, 0.15) is 11.5 Å². The van der Waals surface area contributed by atoms with Gasteiger partial charge in [-0.05, 0) is 62.1 Å². The normalized spacial score (nSPS) is 25.3. The lowest BCUT2D eigenvalue weighted by atomic mass is 9.81. The number of likely N-dealkylation sites (tertiary alicyclic amines) is 1. The van der Waals surface area contributed by atoms with Crippen LogP contribution in [0.1, 0.15) is 25.7 Å². The molecule has 5 rings (SSSR count). The van der Waals surface area contributed by atoms with Crippen LogP contribution in [0.4, 0.5) is 10.5 Å². The van der Waals surface area contributed by atoms with Crippen LogP contribution in [0.15, 0.2) is 54.6 Å². The third kappa shape index (κ3) is 4.43. The van der Waals surface area contributed by atoms with Crippen LogP contribution in [0, 0.1) is 11.8 Å². The van der Waals surface area contributed by atoms with Crippen LogP contribution in [0.3, 0.4) is 0 Å². The van der Waals surface area contributed by atoms with Crippen molar-refractivity contribution in [3.05, 3.63) is 54.6 Å². The van der Waals surface area contributed by atoms with Gasteiger partial charge in [-0.2, -0.15) is 0 Å². The first-order valence-electron chi connectivity index (χ1n) is 11.4. The van der Waals surface area contributed by atoms with E-state index < -0.39 is 6.09 Å². The third-order valence-corrected chi connectivity index (χ3v) is 6.46. The van der Waals surface area contributed by atoms with Crippen molar-refractivity contribution in [3.63, 3.8) is 0 Å². The number of ether oxygens (including phenoxy) is 3. The Morgan fingerprint density at radius 2 is 1.55 bits per heavy atom. The van der Waals surface area contributed by atoms with Crippen molar-refractivity contribution in [2.75, 3.05) is 18.5 Å². The molecule has 3 amide bonds. The molecule has 0 radical (unpaired) electrons. The number of anilines is 1. The van der Waals surface area contributed by atoms with Crippen molar-refractivity contribution in [3.8, 4) is 11.5 Å². The van der Waals surface area contributed by atoms with Crippen LogP contribution < -0.4 is 10.1 Å². The summed E-state index contributed by atoms with van der Waals surface area (Å²) in [6.45, 7) is 0.566. The fourth-order valence-corrected chi connectivity index (χ4v) is 4.92. The summed E-state index contributed by atoms with van der Waals surface area (Å²) in [4.78, 5) is 38.6. The minimum absolute atomic E-state index is 0.0903. The van der Waals surface area contributed by atoms with Gasteiger partial charge in [-0.3, -0.25) is 19.8 Å². The first-order valence-corrected chi connectivity index (χ1v) is 11.4. The molecule has 1 N–H and O–H groups in total. The van der Waals surface area contributed by atoms with Crippen LogP contribution in [-0.2, 0) is 19.1 Å². The maximum absolute atomic E-state index is 12.6. The largest absolute Gasteiger partial charge is 0.457 e. The summed E-state index contributed by atoms with van der Waals surface area (Å²) >= 11 is 0. The third-order valence-electron chi connectivity index (χ3n) is 6.46. The summed E-state index contributed by atoms with van der Waals surface area (Å²) in [7, 11) is 0. The first kappa shape index (κ1) is 21.5. The standard InChI is InChI=1S/C25H26N2O6/c28-23-21-19-12-13-20(33-19)22(21)24(29)27(23)14-4-5-15-31-25(30)26-16-8-10-18(11-9-16)32-17-6-2-1-3-7-17/h1-3,6-11,19-22H,4-5,12-15H2,(H,26,30). The van der Waals surface area contributed by atoms with Crippen molar-refractivity contribution in [2.24, 2.45) is 11.8 Å². The topological polar surface area (TPSA) is 94.2 Å². The predicted octanol–water partition coefficient (Wildman–Crippen LogP) is 3.97. The summed E-state index contributed by atoms with van der Waals surface area (Å²) in [6, 6.07) is 16.4. The highest BCUT2D eigenvalue weighted by molar-refractivity contribution is 6.06. The molecule has 2 aromatic carbocycles. The molecule has 172 valence electrons. The van der Waals surface area contributed by atoms with Crippen molar-refractivity contribution in [2.45, 2.75) is 37.9 Å². The first-order chi connectivity index (χ1) is 16.1. The van der Waals surface area contributed by atoms with Gasteiger partial charge in [0.2, 0.25) is 11.8 Å². The number of hydrogen-bond donors (Lipinski definition) is 1. The van der Waals surface area contributed by atoms with Crippen molar-refractivity contribution >= 4 is 23.6 Å². The van der Waals surface area contributed by atoms with Crippen LogP contribution in [-0.4, -0.2) is 48.2 Å². The molecule has 2 aromatic rings. The van der Waals surface area contributed by atoms with E-state index in [-0.39, 0.29) is 42.5 Å². The van der Waals surface area contributed by atoms with E-state index in [4.69, 9.17) is 14.2 Å². The molecule has 4 unspecified atom stereocenters. The molecular formula is C25H26N2O6. The number of benzene rings is 2. The number of rotatable bonds is 8. The number of amides is 3. The van der Waals surface area contributed by atoms with Gasteiger partial charge in [0.15, 0.2) is 0 Å². The Balaban J connectivity index is 1.01. The van der Waals surface area contributed by atoms with E-state index in [0.29, 0.717) is 30.8 Å². The van der Waals surface area contributed by atoms with Gasteiger partial charge in [-0.1, -0.05) is 18.2 Å². The number of fused-ring (bicyclic) bond motifs is 5. The quantitative estimate of drug-likeness (QED) is 0.483. The van der Waals surface area contributed by atoms with E-state index in [1.165, 1.54) is 4.90 Å². The Labute approximate surface area is 191 Å². The molecule has 2 bridgehead atoms. The molecular weight excluding hydrogens is 424 g/mol. The van der Waals surface area contributed by atoms with Gasteiger partial charge >= 0.3 is 6.09 Å². The van der Waals surface area contributed by atoms with Gasteiger partial charge in [-0.15, -0.1) is 0 Å². The number of unbranched alkanes of at least 4 members (excludes halogenated alkanes) is 1. The Bertz CT molecular complexity index is 997. The fourth-order valence-electron chi connectivity index (χ4n) is 4.92. The molecule has 4 atom stereocenters. The lowest BCUT2D eigenvalue weighted by Crippen LogP contribution is -2.35. The molecule has 0 saturated carbocycles. The second kappa shape index (κ2) is 9.23. The minimum Gasteiger partial charge on any atom is -0.457 e. The maximum atomic E-state index is 12.6. The second-order valence-electron chi connectivity index (χ2n) is 8.58. The number of carbonyl (C=O) groups is 3. The lowest BCUT2D eigenvalue weighted by molar-refractivity contribution is -0.142. The Hall–Kier alpha value is -3.39. The number of nitrogens with zero attached hydrogens (tertiary/aromatic N) is 1. The molecule has 3 saturated heterocycles. The number of carbonyl (C=O) groups excluding carboxylic acids is 3. The van der Waals surface area contributed by atoms with E-state index in [0.717, 1.165) is 18.6 Å². The molecule has 0 spiro atoms. The number of hydrogen-bond acceptors (Lipinski definition) is 6. The summed E-state index contributed by atoms with van der Waals surface area (Å²) in [5.74, 6) is 0.616. The van der Waals surface area contributed by atoms with Crippen molar-refractivity contribution < 1.29 is 28.6 Å². The summed E-state index contributed by atoms with van der Waals surface area (Å²) in [5.41, 5.74) is 0.595. The Kier molecular flexibility index (Phi) is 6.00. The molecule has 8 heteroatoms. The highest BCUT2D eigenvalue weighted by Crippen LogP contribution is 2.48. The van der Waals surface area contributed by atoms with Crippen LogP contribution in [0.2, 0.25) is 0 Å². The molecule has 3 heterocycles. The molecule has 0 aliphatic carbocycles. The van der Waals surface area contributed by atoms with E-state index >= 15 is 0 Å². The Morgan fingerprint density at radius 1 is 0.909 bits per heavy atom. The average Bonchev–Trinajstić information content (AvgIpc) is 3.50.